The third kappa shape index (κ3) is 3.83. The third-order valence-corrected chi connectivity index (χ3v) is 4.65. The molecule has 2 saturated carbocycles. The van der Waals surface area contributed by atoms with Gasteiger partial charge in [-0.15, -0.1) is 0 Å². The van der Waals surface area contributed by atoms with Gasteiger partial charge in [0.2, 0.25) is 5.91 Å². The zero-order valence-electron chi connectivity index (χ0n) is 12.7. The van der Waals surface area contributed by atoms with Crippen LogP contribution < -0.4 is 11.3 Å². The van der Waals surface area contributed by atoms with Crippen LogP contribution in [0.5, 0.6) is 0 Å². The molecule has 21 heavy (non-hydrogen) atoms. The zero-order valence-corrected chi connectivity index (χ0v) is 12.7. The summed E-state index contributed by atoms with van der Waals surface area (Å²) in [4.78, 5) is 14.2. The predicted octanol–water partition coefficient (Wildman–Crippen LogP) is 2.15. The van der Waals surface area contributed by atoms with Gasteiger partial charge >= 0.3 is 0 Å². The molecule has 0 aromatic heterocycles. The summed E-state index contributed by atoms with van der Waals surface area (Å²) in [5.74, 6) is 5.79. The number of hydrogen-bond acceptors (Lipinski definition) is 3. The summed E-state index contributed by atoms with van der Waals surface area (Å²) < 4.78 is 0. The Morgan fingerprint density at radius 2 is 1.95 bits per heavy atom. The normalized spacial score (nSPS) is 19.6. The van der Waals surface area contributed by atoms with Crippen molar-refractivity contribution in [3.8, 4) is 0 Å². The Balaban J connectivity index is 1.61. The van der Waals surface area contributed by atoms with Crippen molar-refractivity contribution < 1.29 is 4.79 Å². The van der Waals surface area contributed by atoms with Crippen LogP contribution in [0.1, 0.15) is 49.7 Å². The number of benzene rings is 1. The number of amides is 1. The van der Waals surface area contributed by atoms with Gasteiger partial charge in [-0.05, 0) is 49.7 Å². The van der Waals surface area contributed by atoms with Crippen molar-refractivity contribution in [1.29, 1.82) is 0 Å². The highest BCUT2D eigenvalue weighted by Crippen LogP contribution is 2.35. The van der Waals surface area contributed by atoms with Crippen molar-refractivity contribution in [1.82, 2.24) is 10.3 Å². The third-order valence-electron chi connectivity index (χ3n) is 4.65. The average Bonchev–Trinajstić information content (AvgIpc) is 3.38. The summed E-state index contributed by atoms with van der Waals surface area (Å²) in [5, 5.41) is 0. The molecule has 3 rings (SSSR count). The molecule has 3 N–H and O–H groups in total. The molecular formula is C17H25N3O. The fraction of sp³-hybridized carbons (Fsp3) is 0.588. The molecule has 1 atom stereocenters. The smallest absolute Gasteiger partial charge is 0.241 e. The Morgan fingerprint density at radius 3 is 2.48 bits per heavy atom. The highest BCUT2D eigenvalue weighted by atomic mass is 16.2. The van der Waals surface area contributed by atoms with Gasteiger partial charge in [0.15, 0.2) is 0 Å². The van der Waals surface area contributed by atoms with Gasteiger partial charge in [0.05, 0.1) is 5.92 Å². The maximum atomic E-state index is 11.6. The Kier molecular flexibility index (Phi) is 4.27. The van der Waals surface area contributed by atoms with E-state index in [9.17, 15) is 4.79 Å². The summed E-state index contributed by atoms with van der Waals surface area (Å²) in [6, 6.07) is 9.22. The molecule has 114 valence electrons. The summed E-state index contributed by atoms with van der Waals surface area (Å²) >= 11 is 0. The lowest BCUT2D eigenvalue weighted by molar-refractivity contribution is -0.122. The summed E-state index contributed by atoms with van der Waals surface area (Å²) in [5.41, 5.74) is 4.57. The molecular weight excluding hydrogens is 262 g/mol. The van der Waals surface area contributed by atoms with E-state index in [1.54, 1.807) is 0 Å². The first-order valence-corrected chi connectivity index (χ1v) is 8.00. The lowest BCUT2D eigenvalue weighted by Gasteiger charge is -2.22. The largest absolute Gasteiger partial charge is 0.296 e. The Hall–Kier alpha value is -1.39. The van der Waals surface area contributed by atoms with Crippen LogP contribution >= 0.6 is 0 Å². The van der Waals surface area contributed by atoms with Gasteiger partial charge in [0.1, 0.15) is 0 Å². The summed E-state index contributed by atoms with van der Waals surface area (Å²) in [7, 11) is 0. The minimum atomic E-state index is -0.199. The van der Waals surface area contributed by atoms with E-state index in [0.717, 1.165) is 24.1 Å². The number of nitrogens with two attached hydrogens (primary N) is 1. The van der Waals surface area contributed by atoms with Gasteiger partial charge in [0.25, 0.3) is 0 Å². The number of hydrogen-bond donors (Lipinski definition) is 2. The first-order chi connectivity index (χ1) is 10.2. The van der Waals surface area contributed by atoms with Crippen LogP contribution in [-0.2, 0) is 11.3 Å². The van der Waals surface area contributed by atoms with Gasteiger partial charge in [-0.3, -0.25) is 15.1 Å². The number of carbonyl (C=O) groups excluding carboxylic acids is 1. The Bertz CT molecular complexity index is 491. The minimum absolute atomic E-state index is 0.143. The standard InChI is InChI=1S/C17H25N3O/c1-12(17(21)19-18)15-6-4-14(5-7-15)11-20(16-8-9-16)10-13-2-3-13/h4-7,12-13,16H,2-3,8-11,18H2,1H3,(H,19,21). The van der Waals surface area contributed by atoms with Gasteiger partial charge in [-0.25, -0.2) is 5.84 Å². The van der Waals surface area contributed by atoms with E-state index >= 15 is 0 Å². The van der Waals surface area contributed by atoms with E-state index in [2.05, 4.69) is 34.6 Å². The van der Waals surface area contributed by atoms with E-state index < -0.39 is 0 Å². The first kappa shape index (κ1) is 14.5. The van der Waals surface area contributed by atoms with Crippen molar-refractivity contribution in [3.63, 3.8) is 0 Å². The fourth-order valence-corrected chi connectivity index (χ4v) is 2.84. The second kappa shape index (κ2) is 6.16. The molecule has 2 fully saturated rings. The number of nitrogens with one attached hydrogen (secondary N) is 1. The van der Waals surface area contributed by atoms with E-state index in [1.807, 2.05) is 6.92 Å². The maximum Gasteiger partial charge on any atom is 0.241 e. The van der Waals surface area contributed by atoms with Crippen LogP contribution in [0.4, 0.5) is 0 Å². The average molecular weight is 287 g/mol. The molecule has 1 aromatic rings. The molecule has 0 saturated heterocycles. The van der Waals surface area contributed by atoms with Crippen molar-refractivity contribution in [2.24, 2.45) is 11.8 Å². The zero-order chi connectivity index (χ0) is 14.8. The van der Waals surface area contributed by atoms with Crippen molar-refractivity contribution in [2.45, 2.75) is 51.1 Å². The van der Waals surface area contributed by atoms with E-state index in [1.165, 1.54) is 37.8 Å². The first-order valence-electron chi connectivity index (χ1n) is 8.00. The molecule has 2 aliphatic carbocycles. The van der Waals surface area contributed by atoms with Crippen molar-refractivity contribution in [2.75, 3.05) is 6.54 Å². The predicted molar refractivity (Wildman–Crippen MR) is 83.3 cm³/mol. The maximum absolute atomic E-state index is 11.6. The fourth-order valence-electron chi connectivity index (χ4n) is 2.84. The van der Waals surface area contributed by atoms with Gasteiger partial charge < -0.3 is 0 Å². The molecule has 2 aliphatic rings. The minimum Gasteiger partial charge on any atom is -0.296 e. The van der Waals surface area contributed by atoms with E-state index in [-0.39, 0.29) is 11.8 Å². The van der Waals surface area contributed by atoms with Crippen LogP contribution in [0.25, 0.3) is 0 Å². The van der Waals surface area contributed by atoms with E-state index in [0.29, 0.717) is 0 Å². The van der Waals surface area contributed by atoms with Crippen LogP contribution in [0, 0.1) is 5.92 Å². The Labute approximate surface area is 126 Å². The van der Waals surface area contributed by atoms with Gasteiger partial charge in [-0.2, -0.15) is 0 Å². The lowest BCUT2D eigenvalue weighted by atomic mass is 9.99. The molecule has 0 radical (unpaired) electrons. The second-order valence-electron chi connectivity index (χ2n) is 6.58. The topological polar surface area (TPSA) is 58.4 Å². The number of hydrazine groups is 1. The van der Waals surface area contributed by atoms with Crippen LogP contribution in [0.2, 0.25) is 0 Å². The summed E-state index contributed by atoms with van der Waals surface area (Å²) in [6.07, 6.45) is 5.54. The highest BCUT2D eigenvalue weighted by Gasteiger charge is 2.33. The van der Waals surface area contributed by atoms with Crippen molar-refractivity contribution >= 4 is 5.91 Å². The number of nitrogens with zero attached hydrogens (tertiary/aromatic N) is 1. The van der Waals surface area contributed by atoms with Gasteiger partial charge in [0, 0.05) is 19.1 Å². The Morgan fingerprint density at radius 1 is 1.29 bits per heavy atom. The second-order valence-corrected chi connectivity index (χ2v) is 6.58. The SMILES string of the molecule is CC(C(=O)NN)c1ccc(CN(CC2CC2)C2CC2)cc1. The molecule has 4 heteroatoms. The van der Waals surface area contributed by atoms with Crippen LogP contribution in [0.3, 0.4) is 0 Å². The quantitative estimate of drug-likeness (QED) is 0.459. The molecule has 4 nitrogen and oxygen atoms in total. The van der Waals surface area contributed by atoms with Gasteiger partial charge in [-0.1, -0.05) is 24.3 Å². The molecule has 0 bridgehead atoms. The van der Waals surface area contributed by atoms with Crippen LogP contribution in [-0.4, -0.2) is 23.4 Å². The summed E-state index contributed by atoms with van der Waals surface area (Å²) in [6.45, 7) is 4.18. The number of carbonyl (C=O) groups is 1. The molecule has 0 spiro atoms. The van der Waals surface area contributed by atoms with Crippen LogP contribution in [0.15, 0.2) is 24.3 Å². The molecule has 1 aromatic carbocycles. The molecule has 0 aliphatic heterocycles. The molecule has 0 heterocycles. The monoisotopic (exact) mass is 287 g/mol. The molecule has 1 unspecified atom stereocenters. The van der Waals surface area contributed by atoms with E-state index in [4.69, 9.17) is 5.84 Å². The van der Waals surface area contributed by atoms with Crippen molar-refractivity contribution in [3.05, 3.63) is 35.4 Å². The highest BCUT2D eigenvalue weighted by molar-refractivity contribution is 5.82. The lowest BCUT2D eigenvalue weighted by Crippen LogP contribution is -2.33. The molecule has 1 amide bonds. The number of rotatable bonds is 7.